The van der Waals surface area contributed by atoms with Crippen molar-refractivity contribution < 1.29 is 30.6 Å². The van der Waals surface area contributed by atoms with Crippen molar-refractivity contribution in [2.45, 2.75) is 24.0 Å². The number of aliphatic hydroxyl groups is 2. The van der Waals surface area contributed by atoms with Crippen LogP contribution in [0.1, 0.15) is 23.0 Å². The van der Waals surface area contributed by atoms with Crippen LogP contribution in [0.5, 0.6) is 23.0 Å². The fourth-order valence-electron chi connectivity index (χ4n) is 7.95. The molecule has 0 amide bonds. The molecule has 1 aliphatic carbocycles. The molecule has 0 atom stereocenters. The predicted molar refractivity (Wildman–Crippen MR) is 186 cm³/mol. The highest BCUT2D eigenvalue weighted by Gasteiger charge is 2.54. The van der Waals surface area contributed by atoms with Crippen molar-refractivity contribution in [1.29, 1.82) is 0 Å². The number of hydrogen-bond acceptors (Lipinski definition) is 6. The number of aliphatic hydroxyl groups excluding tert-OH is 2. The molecule has 1 fully saturated rings. The van der Waals surface area contributed by atoms with Gasteiger partial charge >= 0.3 is 0 Å². The molecule has 8 aromatic rings. The molecule has 1 aliphatic rings. The fourth-order valence-corrected chi connectivity index (χ4v) is 7.95. The van der Waals surface area contributed by atoms with E-state index in [-0.39, 0.29) is 34.1 Å². The van der Waals surface area contributed by atoms with Gasteiger partial charge in [0, 0.05) is 68.8 Å². The van der Waals surface area contributed by atoms with Gasteiger partial charge in [-0.25, -0.2) is 0 Å². The number of phenols is 4. The van der Waals surface area contributed by atoms with E-state index < -0.39 is 24.0 Å². The molecule has 0 radical (unpaired) electrons. The van der Waals surface area contributed by atoms with Crippen LogP contribution in [0.2, 0.25) is 0 Å². The lowest BCUT2D eigenvalue weighted by atomic mass is 9.62. The summed E-state index contributed by atoms with van der Waals surface area (Å²) >= 11 is 0. The second-order valence-electron chi connectivity index (χ2n) is 12.6. The molecule has 0 unspecified atom stereocenters. The van der Waals surface area contributed by atoms with Crippen LogP contribution in [0.25, 0.3) is 55.0 Å². The molecule has 0 saturated heterocycles. The molecule has 236 valence electrons. The Morgan fingerprint density at radius 1 is 0.375 bits per heavy atom. The van der Waals surface area contributed by atoms with E-state index in [1.807, 2.05) is 106 Å². The third-order valence-electron chi connectivity index (χ3n) is 10.1. The predicted octanol–water partition coefficient (Wildman–Crippen LogP) is 7.31. The lowest BCUT2D eigenvalue weighted by Gasteiger charge is -2.47. The SMILES string of the molecule is Oc1cc(-n2c3ccccc3c3ccccc32)cc(O)c1[C@H]1C(O)[C@@H](c2c(O)cc(-n3c4ccccc4c4ccccc43)cc2O)[C@H]1O. The average molecular weight is 635 g/mol. The smallest absolute Gasteiger partial charge is 0.125 e. The van der Waals surface area contributed by atoms with E-state index in [2.05, 4.69) is 0 Å². The minimum Gasteiger partial charge on any atom is -0.507 e. The van der Waals surface area contributed by atoms with E-state index in [1.54, 1.807) is 0 Å². The summed E-state index contributed by atoms with van der Waals surface area (Å²) in [5.41, 5.74) is 4.60. The molecule has 2 heterocycles. The molecule has 8 nitrogen and oxygen atoms in total. The minimum absolute atomic E-state index is 0.00310. The Bertz CT molecular complexity index is 2240. The number of para-hydroxylation sites is 4. The molecule has 6 aromatic carbocycles. The van der Waals surface area contributed by atoms with Gasteiger partial charge in [0.05, 0.1) is 45.6 Å². The van der Waals surface area contributed by atoms with E-state index in [9.17, 15) is 30.6 Å². The van der Waals surface area contributed by atoms with Crippen molar-refractivity contribution >= 4 is 43.6 Å². The van der Waals surface area contributed by atoms with Crippen molar-refractivity contribution in [1.82, 2.24) is 9.13 Å². The van der Waals surface area contributed by atoms with Crippen LogP contribution >= 0.6 is 0 Å². The van der Waals surface area contributed by atoms with E-state index in [0.29, 0.717) is 11.4 Å². The molecular weight excluding hydrogens is 604 g/mol. The molecule has 0 bridgehead atoms. The molecule has 2 aromatic heterocycles. The lowest BCUT2D eigenvalue weighted by Crippen LogP contribution is -2.51. The van der Waals surface area contributed by atoms with Crippen LogP contribution in [0.3, 0.4) is 0 Å². The third-order valence-corrected chi connectivity index (χ3v) is 10.1. The van der Waals surface area contributed by atoms with Gasteiger partial charge in [0.1, 0.15) is 23.0 Å². The number of aromatic hydroxyl groups is 4. The first kappa shape index (κ1) is 28.3. The van der Waals surface area contributed by atoms with Crippen LogP contribution in [0, 0.1) is 0 Å². The average Bonchev–Trinajstić information content (AvgIpc) is 3.61. The van der Waals surface area contributed by atoms with Crippen LogP contribution in [0.15, 0.2) is 121 Å². The van der Waals surface area contributed by atoms with Gasteiger partial charge in [-0.1, -0.05) is 72.8 Å². The normalized spacial score (nSPS) is 19.4. The highest BCUT2D eigenvalue weighted by Crippen LogP contribution is 2.56. The minimum atomic E-state index is -1.33. The van der Waals surface area contributed by atoms with Gasteiger partial charge < -0.3 is 39.8 Å². The summed E-state index contributed by atoms with van der Waals surface area (Å²) in [7, 11) is 0. The van der Waals surface area contributed by atoms with Crippen molar-refractivity contribution in [2.24, 2.45) is 0 Å². The molecule has 1 saturated carbocycles. The molecule has 0 aliphatic heterocycles. The first-order chi connectivity index (χ1) is 23.3. The van der Waals surface area contributed by atoms with Gasteiger partial charge in [0.25, 0.3) is 0 Å². The number of aromatic nitrogens is 2. The zero-order valence-corrected chi connectivity index (χ0v) is 25.4. The Morgan fingerprint density at radius 3 is 0.896 bits per heavy atom. The van der Waals surface area contributed by atoms with Crippen molar-refractivity contribution in [2.75, 3.05) is 0 Å². The third kappa shape index (κ3) is 3.84. The first-order valence-corrected chi connectivity index (χ1v) is 15.8. The molecule has 8 heteroatoms. The van der Waals surface area contributed by atoms with Crippen LogP contribution < -0.4 is 0 Å². The van der Waals surface area contributed by atoms with Gasteiger partial charge in [-0.3, -0.25) is 0 Å². The van der Waals surface area contributed by atoms with Crippen LogP contribution in [-0.4, -0.2) is 52.0 Å². The van der Waals surface area contributed by atoms with E-state index in [1.165, 1.54) is 24.3 Å². The van der Waals surface area contributed by atoms with Crippen molar-refractivity contribution in [3.63, 3.8) is 0 Å². The summed E-state index contributed by atoms with van der Waals surface area (Å²) in [5.74, 6) is -3.30. The fraction of sp³-hybridized carbons (Fsp3) is 0.100. The molecule has 48 heavy (non-hydrogen) atoms. The first-order valence-electron chi connectivity index (χ1n) is 15.8. The number of nitrogens with zero attached hydrogens (tertiary/aromatic N) is 2. The van der Waals surface area contributed by atoms with Crippen LogP contribution in [-0.2, 0) is 0 Å². The molecule has 9 rings (SSSR count). The summed E-state index contributed by atoms with van der Waals surface area (Å²) in [5, 5.41) is 72.0. The van der Waals surface area contributed by atoms with E-state index >= 15 is 0 Å². The number of rotatable bonds is 4. The zero-order valence-electron chi connectivity index (χ0n) is 25.4. The Kier molecular flexibility index (Phi) is 6.05. The summed E-state index contributed by atoms with van der Waals surface area (Å²) in [6, 6.07) is 37.5. The Morgan fingerprint density at radius 2 is 0.625 bits per heavy atom. The zero-order chi connectivity index (χ0) is 32.8. The number of phenolic OH excluding ortho intramolecular Hbond substituents is 4. The largest absolute Gasteiger partial charge is 0.507 e. The molecule has 0 spiro atoms. The second kappa shape index (κ2) is 10.3. The van der Waals surface area contributed by atoms with E-state index in [0.717, 1.165) is 43.6 Å². The highest BCUT2D eigenvalue weighted by molar-refractivity contribution is 6.10. The summed E-state index contributed by atoms with van der Waals surface area (Å²) in [6.45, 7) is 0. The highest BCUT2D eigenvalue weighted by atomic mass is 16.3. The maximum Gasteiger partial charge on any atom is 0.125 e. The van der Waals surface area contributed by atoms with Crippen molar-refractivity contribution in [3.8, 4) is 34.4 Å². The van der Waals surface area contributed by atoms with Gasteiger partial charge in [-0.05, 0) is 24.3 Å². The quantitative estimate of drug-likeness (QED) is 0.120. The van der Waals surface area contributed by atoms with Crippen molar-refractivity contribution in [3.05, 3.63) is 132 Å². The summed E-state index contributed by atoms with van der Waals surface area (Å²) in [4.78, 5) is 0. The van der Waals surface area contributed by atoms with E-state index in [4.69, 9.17) is 0 Å². The van der Waals surface area contributed by atoms with Gasteiger partial charge in [-0.2, -0.15) is 0 Å². The topological polar surface area (TPSA) is 131 Å². The molecular formula is C40H30N2O6. The van der Waals surface area contributed by atoms with Gasteiger partial charge in [-0.15, -0.1) is 0 Å². The number of fused-ring (bicyclic) bond motifs is 6. The monoisotopic (exact) mass is 634 g/mol. The maximum absolute atomic E-state index is 11.4. The van der Waals surface area contributed by atoms with Crippen LogP contribution in [0.4, 0.5) is 0 Å². The summed E-state index contributed by atoms with van der Waals surface area (Å²) < 4.78 is 3.89. The Balaban J connectivity index is 1.08. The Labute approximate surface area is 273 Å². The number of hydrogen-bond donors (Lipinski definition) is 6. The number of benzene rings is 6. The van der Waals surface area contributed by atoms with Gasteiger partial charge in [0.15, 0.2) is 0 Å². The Hall–Kier alpha value is -5.96. The van der Waals surface area contributed by atoms with Gasteiger partial charge in [0.2, 0.25) is 0 Å². The lowest BCUT2D eigenvalue weighted by molar-refractivity contribution is -0.0810. The maximum atomic E-state index is 11.4. The standard InChI is InChI=1S/C40H30N2O6/c43-31-17-21(41-27-13-5-1-9-23(27)24-10-2-6-14-28(24)41)18-32(44)35(31)37-39(47)38(40(37)48)36-33(45)19-22(20-34(36)46)42-29-15-7-3-11-25(29)26-12-4-8-16-30(26)42/h1-20,37-40,43-48H/t37-,38+,39+,40?. The second-order valence-corrected chi connectivity index (χ2v) is 12.6. The summed E-state index contributed by atoms with van der Waals surface area (Å²) in [6.07, 6.45) is -2.65. The molecule has 6 N–H and O–H groups in total.